The highest BCUT2D eigenvalue weighted by molar-refractivity contribution is 7.89. The van der Waals surface area contributed by atoms with E-state index in [0.29, 0.717) is 13.1 Å². The predicted molar refractivity (Wildman–Crippen MR) is 109 cm³/mol. The molecule has 150 valence electrons. The van der Waals surface area contributed by atoms with Crippen LogP contribution in [0.4, 0.5) is 0 Å². The Morgan fingerprint density at radius 3 is 2.86 bits per heavy atom. The number of pyridine rings is 2. The van der Waals surface area contributed by atoms with Crippen molar-refractivity contribution in [1.82, 2.24) is 24.6 Å². The van der Waals surface area contributed by atoms with Gasteiger partial charge in [0.05, 0.1) is 0 Å². The monoisotopic (exact) mass is 411 g/mol. The molecule has 0 saturated heterocycles. The number of fused-ring (bicyclic) bond motifs is 1. The summed E-state index contributed by atoms with van der Waals surface area (Å²) in [5.41, 5.74) is 3.15. The first-order valence-electron chi connectivity index (χ1n) is 9.33. The number of nitrogens with one attached hydrogen (secondary N) is 2. The Bertz CT molecular complexity index is 1160. The lowest BCUT2D eigenvalue weighted by molar-refractivity contribution is -0.130. The molecule has 1 amide bonds. The molecule has 3 aromatic heterocycles. The van der Waals surface area contributed by atoms with Gasteiger partial charge in [0.2, 0.25) is 15.9 Å². The maximum absolute atomic E-state index is 12.5. The standard InChI is InChI=1S/C20H21N5O3S/c26-19(5-10-24-29(27,28)16-3-1-8-21-13-16)25-11-6-15(7-12-25)18-14-23-20-17(18)4-2-9-22-20/h1-4,6,8-9,13-14,24H,5,7,10-12H2,(H,22,23). The summed E-state index contributed by atoms with van der Waals surface area (Å²) in [5.74, 6) is -0.0743. The highest BCUT2D eigenvalue weighted by Crippen LogP contribution is 2.28. The van der Waals surface area contributed by atoms with E-state index in [2.05, 4.69) is 25.8 Å². The van der Waals surface area contributed by atoms with Crippen LogP contribution in [-0.2, 0) is 14.8 Å². The number of rotatable bonds is 6. The summed E-state index contributed by atoms with van der Waals surface area (Å²) in [7, 11) is -3.65. The van der Waals surface area contributed by atoms with Gasteiger partial charge in [-0.25, -0.2) is 18.1 Å². The normalized spacial score (nSPS) is 14.8. The summed E-state index contributed by atoms with van der Waals surface area (Å²) in [5, 5.41) is 1.07. The van der Waals surface area contributed by atoms with Gasteiger partial charge in [0.25, 0.3) is 0 Å². The van der Waals surface area contributed by atoms with Crippen LogP contribution in [0.2, 0.25) is 0 Å². The molecule has 0 aliphatic carbocycles. The molecule has 0 atom stereocenters. The molecule has 8 nitrogen and oxygen atoms in total. The fourth-order valence-corrected chi connectivity index (χ4v) is 4.40. The molecule has 0 radical (unpaired) electrons. The molecule has 0 spiro atoms. The second-order valence-corrected chi connectivity index (χ2v) is 8.52. The zero-order valence-corrected chi connectivity index (χ0v) is 16.5. The van der Waals surface area contributed by atoms with Gasteiger partial charge in [-0.1, -0.05) is 6.08 Å². The quantitative estimate of drug-likeness (QED) is 0.644. The van der Waals surface area contributed by atoms with E-state index in [-0.39, 0.29) is 23.8 Å². The van der Waals surface area contributed by atoms with E-state index in [1.807, 2.05) is 18.3 Å². The smallest absolute Gasteiger partial charge is 0.242 e. The molecule has 29 heavy (non-hydrogen) atoms. The maximum atomic E-state index is 12.5. The van der Waals surface area contributed by atoms with Gasteiger partial charge in [-0.3, -0.25) is 9.78 Å². The lowest BCUT2D eigenvalue weighted by atomic mass is 9.99. The van der Waals surface area contributed by atoms with Crippen LogP contribution in [0.15, 0.2) is 60.0 Å². The Labute approximate surface area is 168 Å². The molecule has 4 heterocycles. The largest absolute Gasteiger partial charge is 0.346 e. The van der Waals surface area contributed by atoms with E-state index in [1.54, 1.807) is 17.2 Å². The van der Waals surface area contributed by atoms with Crippen molar-refractivity contribution in [3.63, 3.8) is 0 Å². The van der Waals surface area contributed by atoms with E-state index in [1.165, 1.54) is 24.0 Å². The number of nitrogens with zero attached hydrogens (tertiary/aromatic N) is 3. The molecule has 3 aromatic rings. The van der Waals surface area contributed by atoms with Crippen molar-refractivity contribution in [1.29, 1.82) is 0 Å². The molecule has 9 heteroatoms. The Morgan fingerprint density at radius 2 is 2.10 bits per heavy atom. The van der Waals surface area contributed by atoms with Crippen LogP contribution in [-0.4, -0.2) is 53.8 Å². The Kier molecular flexibility index (Phi) is 5.41. The summed E-state index contributed by atoms with van der Waals surface area (Å²) >= 11 is 0. The van der Waals surface area contributed by atoms with Gasteiger partial charge in [-0.15, -0.1) is 0 Å². The molecule has 0 bridgehead atoms. The van der Waals surface area contributed by atoms with Crippen molar-refractivity contribution >= 4 is 32.5 Å². The van der Waals surface area contributed by atoms with E-state index >= 15 is 0 Å². The molecular weight excluding hydrogens is 390 g/mol. The number of amides is 1. The third-order valence-electron chi connectivity index (χ3n) is 4.93. The number of aromatic nitrogens is 3. The summed E-state index contributed by atoms with van der Waals surface area (Å²) in [6.45, 7) is 1.17. The summed E-state index contributed by atoms with van der Waals surface area (Å²) in [4.78, 5) is 25.6. The average molecular weight is 411 g/mol. The van der Waals surface area contributed by atoms with E-state index in [4.69, 9.17) is 0 Å². The lowest BCUT2D eigenvalue weighted by Gasteiger charge is -2.26. The second-order valence-electron chi connectivity index (χ2n) is 6.76. The molecule has 0 aromatic carbocycles. The number of aromatic amines is 1. The minimum Gasteiger partial charge on any atom is -0.346 e. The number of carbonyl (C=O) groups excluding carboxylic acids is 1. The number of carbonyl (C=O) groups is 1. The van der Waals surface area contributed by atoms with Gasteiger partial charge in [0.1, 0.15) is 10.5 Å². The molecule has 1 aliphatic heterocycles. The van der Waals surface area contributed by atoms with Crippen LogP contribution >= 0.6 is 0 Å². The Hall–Kier alpha value is -3.04. The molecule has 0 saturated carbocycles. The first kappa shape index (κ1) is 19.3. The molecule has 2 N–H and O–H groups in total. The topological polar surface area (TPSA) is 108 Å². The maximum Gasteiger partial charge on any atom is 0.242 e. The highest BCUT2D eigenvalue weighted by atomic mass is 32.2. The molecule has 0 unspecified atom stereocenters. The van der Waals surface area contributed by atoms with Crippen LogP contribution in [0.1, 0.15) is 18.4 Å². The van der Waals surface area contributed by atoms with Gasteiger partial charge in [0.15, 0.2) is 0 Å². The minimum atomic E-state index is -3.65. The van der Waals surface area contributed by atoms with Crippen molar-refractivity contribution in [3.05, 3.63) is 60.7 Å². The van der Waals surface area contributed by atoms with Crippen LogP contribution < -0.4 is 4.72 Å². The van der Waals surface area contributed by atoms with Gasteiger partial charge in [-0.2, -0.15) is 0 Å². The Balaban J connectivity index is 1.33. The van der Waals surface area contributed by atoms with Crippen molar-refractivity contribution in [2.45, 2.75) is 17.7 Å². The molecule has 4 rings (SSSR count). The van der Waals surface area contributed by atoms with Crippen molar-refractivity contribution in [2.24, 2.45) is 0 Å². The summed E-state index contributed by atoms with van der Waals surface area (Å²) < 4.78 is 26.8. The SMILES string of the molecule is O=C(CCNS(=O)(=O)c1cccnc1)N1CC=C(c2c[nH]c3ncccc23)CC1. The molecule has 1 aliphatic rings. The zero-order valence-electron chi connectivity index (χ0n) is 15.7. The van der Waals surface area contributed by atoms with Crippen LogP contribution in [0.25, 0.3) is 16.6 Å². The average Bonchev–Trinajstić information content (AvgIpc) is 3.18. The fourth-order valence-electron chi connectivity index (χ4n) is 3.40. The Morgan fingerprint density at radius 1 is 1.24 bits per heavy atom. The van der Waals surface area contributed by atoms with Crippen LogP contribution in [0.5, 0.6) is 0 Å². The number of hydrogen-bond acceptors (Lipinski definition) is 5. The van der Waals surface area contributed by atoms with Crippen LogP contribution in [0, 0.1) is 0 Å². The van der Waals surface area contributed by atoms with Gasteiger partial charge < -0.3 is 9.88 Å². The third-order valence-corrected chi connectivity index (χ3v) is 6.38. The van der Waals surface area contributed by atoms with Gasteiger partial charge >= 0.3 is 0 Å². The van der Waals surface area contributed by atoms with Gasteiger partial charge in [0, 0.05) is 61.8 Å². The number of H-pyrrole nitrogens is 1. The second kappa shape index (κ2) is 8.14. The minimum absolute atomic E-state index is 0.0528. The van der Waals surface area contributed by atoms with Crippen molar-refractivity contribution in [2.75, 3.05) is 19.6 Å². The highest BCUT2D eigenvalue weighted by Gasteiger charge is 2.20. The van der Waals surface area contributed by atoms with Crippen molar-refractivity contribution in [3.8, 4) is 0 Å². The zero-order chi connectivity index (χ0) is 20.3. The predicted octanol–water partition coefficient (Wildman–Crippen LogP) is 1.94. The van der Waals surface area contributed by atoms with Crippen LogP contribution in [0.3, 0.4) is 0 Å². The van der Waals surface area contributed by atoms with E-state index in [0.717, 1.165) is 23.0 Å². The third kappa shape index (κ3) is 4.20. The fraction of sp³-hybridized carbons (Fsp3) is 0.250. The number of hydrogen-bond donors (Lipinski definition) is 2. The van der Waals surface area contributed by atoms with E-state index in [9.17, 15) is 13.2 Å². The molecular formula is C20H21N5O3S. The van der Waals surface area contributed by atoms with Gasteiger partial charge in [-0.05, 0) is 36.3 Å². The van der Waals surface area contributed by atoms with Crippen molar-refractivity contribution < 1.29 is 13.2 Å². The first-order chi connectivity index (χ1) is 14.0. The molecule has 0 fully saturated rings. The first-order valence-corrected chi connectivity index (χ1v) is 10.8. The van der Waals surface area contributed by atoms with E-state index < -0.39 is 10.0 Å². The lowest BCUT2D eigenvalue weighted by Crippen LogP contribution is -2.37. The number of sulfonamides is 1. The summed E-state index contributed by atoms with van der Waals surface area (Å²) in [6, 6.07) is 6.96. The summed E-state index contributed by atoms with van der Waals surface area (Å²) in [6.07, 6.45) is 9.40.